The third kappa shape index (κ3) is 2.70. The second-order valence-corrected chi connectivity index (χ2v) is 4.73. The molecule has 1 unspecified atom stereocenters. The van der Waals surface area contributed by atoms with Gasteiger partial charge in [-0.1, -0.05) is 37.3 Å². The first-order valence-corrected chi connectivity index (χ1v) is 6.28. The van der Waals surface area contributed by atoms with E-state index in [9.17, 15) is 9.59 Å². The topological polar surface area (TPSA) is 72.2 Å². The van der Waals surface area contributed by atoms with Crippen LogP contribution in [0.2, 0.25) is 0 Å². The number of primary amides is 1. The largest absolute Gasteiger partial charge is 0.368 e. The van der Waals surface area contributed by atoms with Crippen molar-refractivity contribution in [3.05, 3.63) is 35.9 Å². The molecule has 0 radical (unpaired) electrons. The number of benzene rings is 1. The van der Waals surface area contributed by atoms with Gasteiger partial charge in [-0.05, 0) is 24.3 Å². The molecule has 0 heterocycles. The Bertz CT molecular complexity index is 444. The normalized spacial score (nSPS) is 23.2. The first-order valence-electron chi connectivity index (χ1n) is 6.28. The van der Waals surface area contributed by atoms with Crippen molar-refractivity contribution in [1.82, 2.24) is 5.32 Å². The molecule has 1 fully saturated rings. The molecular formula is C14H18N2O2. The van der Waals surface area contributed by atoms with Gasteiger partial charge in [-0.15, -0.1) is 0 Å². The van der Waals surface area contributed by atoms with E-state index in [-0.39, 0.29) is 17.7 Å². The lowest BCUT2D eigenvalue weighted by Crippen LogP contribution is -2.44. The van der Waals surface area contributed by atoms with Gasteiger partial charge < -0.3 is 11.1 Å². The molecule has 1 aromatic carbocycles. The van der Waals surface area contributed by atoms with Crippen LogP contribution < -0.4 is 11.1 Å². The molecule has 0 spiro atoms. The Hall–Kier alpha value is -1.84. The molecular weight excluding hydrogens is 228 g/mol. The van der Waals surface area contributed by atoms with Crippen LogP contribution in [0.15, 0.2) is 30.3 Å². The van der Waals surface area contributed by atoms with Gasteiger partial charge in [0.05, 0.1) is 0 Å². The minimum Gasteiger partial charge on any atom is -0.368 e. The summed E-state index contributed by atoms with van der Waals surface area (Å²) >= 11 is 0. The van der Waals surface area contributed by atoms with Crippen LogP contribution in [0.3, 0.4) is 0 Å². The minimum absolute atomic E-state index is 0.0131. The smallest absolute Gasteiger partial charge is 0.239 e. The van der Waals surface area contributed by atoms with Crippen LogP contribution in [0, 0.1) is 5.92 Å². The van der Waals surface area contributed by atoms with Gasteiger partial charge in [0, 0.05) is 5.92 Å². The van der Waals surface area contributed by atoms with Crippen molar-refractivity contribution >= 4 is 11.8 Å². The Morgan fingerprint density at radius 1 is 1.39 bits per heavy atom. The Labute approximate surface area is 107 Å². The predicted molar refractivity (Wildman–Crippen MR) is 68.7 cm³/mol. The minimum atomic E-state index is -0.547. The van der Waals surface area contributed by atoms with Gasteiger partial charge in [-0.2, -0.15) is 0 Å². The molecule has 0 aliphatic heterocycles. The number of amides is 2. The third-order valence-corrected chi connectivity index (χ3v) is 3.42. The van der Waals surface area contributed by atoms with Crippen LogP contribution in [0.4, 0.5) is 0 Å². The Kier molecular flexibility index (Phi) is 3.65. The number of rotatable bonds is 5. The fourth-order valence-electron chi connectivity index (χ4n) is 2.21. The molecule has 3 N–H and O–H groups in total. The zero-order valence-corrected chi connectivity index (χ0v) is 10.4. The fraction of sp³-hybridized carbons (Fsp3) is 0.429. The first kappa shape index (κ1) is 12.6. The third-order valence-electron chi connectivity index (χ3n) is 3.42. The van der Waals surface area contributed by atoms with Crippen molar-refractivity contribution in [2.24, 2.45) is 11.7 Å². The van der Waals surface area contributed by atoms with E-state index in [4.69, 9.17) is 5.73 Å². The van der Waals surface area contributed by atoms with Crippen molar-refractivity contribution in [3.8, 4) is 0 Å². The lowest BCUT2D eigenvalue weighted by Gasteiger charge is -2.13. The molecule has 2 amide bonds. The van der Waals surface area contributed by atoms with Gasteiger partial charge in [-0.3, -0.25) is 9.59 Å². The summed E-state index contributed by atoms with van der Waals surface area (Å²) in [6.07, 6.45) is 1.38. The van der Waals surface area contributed by atoms with E-state index >= 15 is 0 Å². The van der Waals surface area contributed by atoms with Crippen molar-refractivity contribution in [1.29, 1.82) is 0 Å². The molecule has 2 rings (SSSR count). The van der Waals surface area contributed by atoms with Crippen LogP contribution in [0.25, 0.3) is 0 Å². The van der Waals surface area contributed by atoms with Crippen LogP contribution in [0.5, 0.6) is 0 Å². The standard InChI is InChI=1S/C14H18N2O2/c1-2-12(13(15)17)16-14(18)11-8-10(11)9-6-4-3-5-7-9/h3-7,10-12H,2,8H2,1H3,(H2,15,17)(H,16,18)/t10?,11-,12+/m1/s1. The molecule has 1 saturated carbocycles. The highest BCUT2D eigenvalue weighted by Gasteiger charge is 2.44. The van der Waals surface area contributed by atoms with E-state index in [0.717, 1.165) is 6.42 Å². The average molecular weight is 246 g/mol. The molecule has 4 nitrogen and oxygen atoms in total. The summed E-state index contributed by atoms with van der Waals surface area (Å²) in [6.45, 7) is 1.83. The molecule has 0 bridgehead atoms. The van der Waals surface area contributed by atoms with Crippen molar-refractivity contribution in [3.63, 3.8) is 0 Å². The molecule has 96 valence electrons. The second kappa shape index (κ2) is 5.21. The summed E-state index contributed by atoms with van der Waals surface area (Å²) in [4.78, 5) is 23.0. The second-order valence-electron chi connectivity index (χ2n) is 4.73. The number of carbonyl (C=O) groups is 2. The Morgan fingerprint density at radius 3 is 2.61 bits per heavy atom. The quantitative estimate of drug-likeness (QED) is 0.818. The predicted octanol–water partition coefficient (Wildman–Crippen LogP) is 1.17. The van der Waals surface area contributed by atoms with E-state index in [1.807, 2.05) is 37.3 Å². The van der Waals surface area contributed by atoms with Crippen molar-refractivity contribution in [2.45, 2.75) is 31.7 Å². The lowest BCUT2D eigenvalue weighted by atomic mass is 10.1. The zero-order valence-electron chi connectivity index (χ0n) is 10.4. The SMILES string of the molecule is CC[C@H](NC(=O)[C@@H]1CC1c1ccccc1)C(N)=O. The maximum atomic E-state index is 11.9. The molecule has 3 atom stereocenters. The van der Waals surface area contributed by atoms with E-state index < -0.39 is 11.9 Å². The highest BCUT2D eigenvalue weighted by Crippen LogP contribution is 2.47. The van der Waals surface area contributed by atoms with Crippen molar-refractivity contribution < 1.29 is 9.59 Å². The highest BCUT2D eigenvalue weighted by atomic mass is 16.2. The van der Waals surface area contributed by atoms with Gasteiger partial charge >= 0.3 is 0 Å². The maximum absolute atomic E-state index is 11.9. The maximum Gasteiger partial charge on any atom is 0.239 e. The molecule has 0 aromatic heterocycles. The monoisotopic (exact) mass is 246 g/mol. The molecule has 4 heteroatoms. The van der Waals surface area contributed by atoms with Crippen LogP contribution in [0.1, 0.15) is 31.2 Å². The summed E-state index contributed by atoms with van der Waals surface area (Å²) in [6, 6.07) is 9.42. The molecule has 1 aliphatic rings. The van der Waals surface area contributed by atoms with Gasteiger partial charge in [0.1, 0.15) is 6.04 Å². The summed E-state index contributed by atoms with van der Waals surface area (Å²) in [5.41, 5.74) is 6.39. The molecule has 18 heavy (non-hydrogen) atoms. The Balaban J connectivity index is 1.92. The molecule has 1 aromatic rings. The number of carbonyl (C=O) groups excluding carboxylic acids is 2. The highest BCUT2D eigenvalue weighted by molar-refractivity contribution is 5.89. The average Bonchev–Trinajstić information content (AvgIpc) is 3.16. The van der Waals surface area contributed by atoms with Crippen LogP contribution >= 0.6 is 0 Å². The summed E-state index contributed by atoms with van der Waals surface area (Å²) in [5, 5.41) is 2.71. The first-order chi connectivity index (χ1) is 8.63. The number of hydrogen-bond donors (Lipinski definition) is 2. The van der Waals surface area contributed by atoms with Crippen LogP contribution in [-0.2, 0) is 9.59 Å². The van der Waals surface area contributed by atoms with Gasteiger partial charge in [-0.25, -0.2) is 0 Å². The van der Waals surface area contributed by atoms with Crippen LogP contribution in [-0.4, -0.2) is 17.9 Å². The molecule has 0 saturated heterocycles. The van der Waals surface area contributed by atoms with Gasteiger partial charge in [0.25, 0.3) is 0 Å². The lowest BCUT2D eigenvalue weighted by molar-refractivity contribution is -0.128. The summed E-state index contributed by atoms with van der Waals surface area (Å²) in [7, 11) is 0. The molecule has 1 aliphatic carbocycles. The number of nitrogens with two attached hydrogens (primary N) is 1. The zero-order chi connectivity index (χ0) is 13.1. The van der Waals surface area contributed by atoms with E-state index in [0.29, 0.717) is 6.42 Å². The summed E-state index contributed by atoms with van der Waals surface area (Å²) in [5.74, 6) is -0.255. The van der Waals surface area contributed by atoms with Gasteiger partial charge in [0.15, 0.2) is 0 Å². The van der Waals surface area contributed by atoms with E-state index in [2.05, 4.69) is 5.32 Å². The fourth-order valence-corrected chi connectivity index (χ4v) is 2.21. The van der Waals surface area contributed by atoms with E-state index in [1.54, 1.807) is 0 Å². The Morgan fingerprint density at radius 2 is 2.06 bits per heavy atom. The summed E-state index contributed by atoms with van der Waals surface area (Å²) < 4.78 is 0. The van der Waals surface area contributed by atoms with Gasteiger partial charge in [0.2, 0.25) is 11.8 Å². The number of nitrogens with one attached hydrogen (secondary N) is 1. The number of hydrogen-bond acceptors (Lipinski definition) is 2. The van der Waals surface area contributed by atoms with Crippen molar-refractivity contribution in [2.75, 3.05) is 0 Å². The van der Waals surface area contributed by atoms with E-state index in [1.165, 1.54) is 5.56 Å².